The van der Waals surface area contributed by atoms with E-state index in [1.807, 2.05) is 0 Å². The molecule has 2 heterocycles. The van der Waals surface area contributed by atoms with Crippen molar-refractivity contribution < 1.29 is 41.0 Å². The standard InChI is InChI=1S/C35H40F6N4O4/c1-20-14-22-16-24(33(20)38)28(19-31(47)48)42-34(49)29(12-8-6-4-5-7-10-21-15-23(36)17-26(37)32(21)22)45-30(46)18-25(35(39,40)41)27(43-45)11-9-13-44(2)3/h14-18,28-29H,4-13,19H2,1-3H3,(H,42,49)(H,47,48)/t28-,29-/m0/s1. The molecule has 1 aliphatic heterocycles. The monoisotopic (exact) mass is 694 g/mol. The molecule has 14 heteroatoms. The Kier molecular flexibility index (Phi) is 12.3. The van der Waals surface area contributed by atoms with Crippen LogP contribution in [0.3, 0.4) is 0 Å². The molecule has 0 aliphatic carbocycles. The lowest BCUT2D eigenvalue weighted by molar-refractivity contribution is -0.139. The van der Waals surface area contributed by atoms with Crippen LogP contribution in [0.15, 0.2) is 35.1 Å². The molecular weight excluding hydrogens is 654 g/mol. The van der Waals surface area contributed by atoms with E-state index in [1.54, 1.807) is 19.0 Å². The molecule has 0 spiro atoms. The van der Waals surface area contributed by atoms with Gasteiger partial charge in [0, 0.05) is 23.3 Å². The van der Waals surface area contributed by atoms with Crippen LogP contribution in [0.5, 0.6) is 0 Å². The first-order valence-corrected chi connectivity index (χ1v) is 16.2. The van der Waals surface area contributed by atoms with Gasteiger partial charge in [-0.15, -0.1) is 0 Å². The number of benzene rings is 2. The molecule has 0 saturated carbocycles. The predicted octanol–water partition coefficient (Wildman–Crippen LogP) is 6.92. The van der Waals surface area contributed by atoms with Crippen molar-refractivity contribution in [3.8, 4) is 11.1 Å². The second kappa shape index (κ2) is 16.0. The maximum atomic E-state index is 15.8. The smallest absolute Gasteiger partial charge is 0.418 e. The van der Waals surface area contributed by atoms with Crippen LogP contribution >= 0.6 is 0 Å². The minimum absolute atomic E-state index is 0.00692. The first kappa shape index (κ1) is 37.6. The van der Waals surface area contributed by atoms with Crippen molar-refractivity contribution in [1.82, 2.24) is 20.0 Å². The number of amides is 1. The number of carbonyl (C=O) groups is 2. The van der Waals surface area contributed by atoms with E-state index < -0.39 is 70.8 Å². The van der Waals surface area contributed by atoms with Crippen molar-refractivity contribution in [2.75, 3.05) is 20.6 Å². The van der Waals surface area contributed by atoms with Crippen LogP contribution in [0.25, 0.3) is 11.1 Å². The molecule has 0 unspecified atom stereocenters. The molecule has 49 heavy (non-hydrogen) atoms. The van der Waals surface area contributed by atoms with Crippen LogP contribution in [0, 0.1) is 24.4 Å². The number of aliphatic carboxylic acids is 1. The van der Waals surface area contributed by atoms with Crippen molar-refractivity contribution in [3.63, 3.8) is 0 Å². The fraction of sp³-hybridized carbons (Fsp3) is 0.486. The average Bonchev–Trinajstić information content (AvgIpc) is 2.98. The Labute approximate surface area is 280 Å². The number of aryl methyl sites for hydroxylation is 3. The third-order valence-corrected chi connectivity index (χ3v) is 8.66. The second-order valence-electron chi connectivity index (χ2n) is 12.8. The molecule has 1 aliphatic rings. The summed E-state index contributed by atoms with van der Waals surface area (Å²) in [7, 11) is 3.51. The van der Waals surface area contributed by atoms with E-state index >= 15 is 8.78 Å². The van der Waals surface area contributed by atoms with Crippen LogP contribution < -0.4 is 10.9 Å². The maximum Gasteiger partial charge on any atom is 0.418 e. The van der Waals surface area contributed by atoms with Crippen LogP contribution in [-0.4, -0.2) is 52.3 Å². The van der Waals surface area contributed by atoms with E-state index in [9.17, 15) is 37.1 Å². The highest BCUT2D eigenvalue weighted by atomic mass is 19.4. The van der Waals surface area contributed by atoms with Gasteiger partial charge in [0.1, 0.15) is 23.5 Å². The lowest BCUT2D eigenvalue weighted by Crippen LogP contribution is -2.41. The van der Waals surface area contributed by atoms with Crippen LogP contribution in [-0.2, 0) is 28.6 Å². The molecule has 2 N–H and O–H groups in total. The van der Waals surface area contributed by atoms with Gasteiger partial charge in [-0.05, 0) is 94.6 Å². The van der Waals surface area contributed by atoms with Crippen molar-refractivity contribution in [1.29, 1.82) is 0 Å². The summed E-state index contributed by atoms with van der Waals surface area (Å²) in [6, 6.07) is 1.93. The van der Waals surface area contributed by atoms with E-state index in [0.717, 1.165) is 0 Å². The average molecular weight is 695 g/mol. The third-order valence-electron chi connectivity index (χ3n) is 8.66. The first-order chi connectivity index (χ1) is 23.1. The van der Waals surface area contributed by atoms with Gasteiger partial charge in [-0.1, -0.05) is 25.7 Å². The third kappa shape index (κ3) is 9.49. The van der Waals surface area contributed by atoms with E-state index in [0.29, 0.717) is 67.4 Å². The zero-order chi connectivity index (χ0) is 36.0. The number of nitrogens with zero attached hydrogens (tertiary/aromatic N) is 3. The number of hydrogen-bond donors (Lipinski definition) is 2. The normalized spacial score (nSPS) is 17.9. The molecule has 266 valence electrons. The molecule has 4 rings (SSSR count). The molecule has 1 aromatic heterocycles. The second-order valence-corrected chi connectivity index (χ2v) is 12.8. The van der Waals surface area contributed by atoms with Crippen LogP contribution in [0.4, 0.5) is 26.3 Å². The number of aromatic nitrogens is 2. The highest BCUT2D eigenvalue weighted by molar-refractivity contribution is 5.82. The number of carbonyl (C=O) groups excluding carboxylic acids is 1. The number of carboxylic acid groups (broad SMARTS) is 1. The fourth-order valence-electron chi connectivity index (χ4n) is 6.29. The topological polar surface area (TPSA) is 105 Å². The summed E-state index contributed by atoms with van der Waals surface area (Å²) in [5, 5.41) is 16.3. The zero-order valence-electron chi connectivity index (χ0n) is 27.6. The maximum absolute atomic E-state index is 15.8. The van der Waals surface area contributed by atoms with E-state index in [2.05, 4.69) is 10.4 Å². The molecular formula is C35H40F6N4O4. The SMILES string of the molecule is Cc1cc2cc(c1F)[C@H](CC(=O)O)NC(=O)[C@@H](n1nc(CCCN(C)C)c(C(F)(F)F)cc1=O)CCCCCCCc1cc(F)cc(F)c1-2. The number of nitrogens with one attached hydrogen (secondary N) is 1. The minimum Gasteiger partial charge on any atom is -0.481 e. The highest BCUT2D eigenvalue weighted by Crippen LogP contribution is 2.35. The molecule has 2 aromatic carbocycles. The molecule has 0 saturated heterocycles. The van der Waals surface area contributed by atoms with E-state index in [4.69, 9.17) is 0 Å². The van der Waals surface area contributed by atoms with Gasteiger partial charge in [-0.25, -0.2) is 17.9 Å². The number of carboxylic acids is 1. The van der Waals surface area contributed by atoms with Crippen molar-refractivity contribution in [2.45, 2.75) is 89.4 Å². The largest absolute Gasteiger partial charge is 0.481 e. The van der Waals surface area contributed by atoms with Crippen molar-refractivity contribution >= 4 is 11.9 Å². The lowest BCUT2D eigenvalue weighted by Gasteiger charge is -2.25. The predicted molar refractivity (Wildman–Crippen MR) is 170 cm³/mol. The Balaban J connectivity index is 1.85. The Morgan fingerprint density at radius 1 is 1.02 bits per heavy atom. The highest BCUT2D eigenvalue weighted by Gasteiger charge is 2.37. The Morgan fingerprint density at radius 3 is 2.39 bits per heavy atom. The van der Waals surface area contributed by atoms with Crippen LogP contribution in [0.1, 0.15) is 91.4 Å². The molecule has 1 amide bonds. The van der Waals surface area contributed by atoms with Crippen molar-refractivity contribution in [2.24, 2.45) is 0 Å². The van der Waals surface area contributed by atoms with Gasteiger partial charge in [0.25, 0.3) is 5.56 Å². The van der Waals surface area contributed by atoms with Gasteiger partial charge < -0.3 is 15.3 Å². The molecule has 3 aromatic rings. The summed E-state index contributed by atoms with van der Waals surface area (Å²) >= 11 is 0. The van der Waals surface area contributed by atoms with Gasteiger partial charge in [0.05, 0.1) is 23.7 Å². The Morgan fingerprint density at radius 2 is 1.71 bits per heavy atom. The summed E-state index contributed by atoms with van der Waals surface area (Å²) in [6.45, 7) is 1.82. The van der Waals surface area contributed by atoms with Crippen molar-refractivity contribution in [3.05, 3.63) is 86.1 Å². The Bertz CT molecular complexity index is 1740. The van der Waals surface area contributed by atoms with Crippen LogP contribution in [0.2, 0.25) is 0 Å². The molecule has 0 radical (unpaired) electrons. The summed E-state index contributed by atoms with van der Waals surface area (Å²) in [5.74, 6) is -4.89. The summed E-state index contributed by atoms with van der Waals surface area (Å²) in [6.07, 6.45) is -2.54. The molecule has 2 bridgehead atoms. The van der Waals surface area contributed by atoms with Gasteiger partial charge in [0.2, 0.25) is 5.91 Å². The Hall–Kier alpha value is -4.20. The zero-order valence-corrected chi connectivity index (χ0v) is 27.6. The summed E-state index contributed by atoms with van der Waals surface area (Å²) in [5.41, 5.74) is -2.54. The fourth-order valence-corrected chi connectivity index (χ4v) is 6.29. The minimum atomic E-state index is -4.88. The molecule has 2 atom stereocenters. The first-order valence-electron chi connectivity index (χ1n) is 16.2. The van der Waals surface area contributed by atoms with Gasteiger partial charge in [-0.2, -0.15) is 18.3 Å². The van der Waals surface area contributed by atoms with Gasteiger partial charge in [-0.3, -0.25) is 14.4 Å². The van der Waals surface area contributed by atoms with E-state index in [1.165, 1.54) is 25.1 Å². The van der Waals surface area contributed by atoms with E-state index in [-0.39, 0.29) is 41.5 Å². The lowest BCUT2D eigenvalue weighted by atomic mass is 9.90. The number of rotatable bonds is 7. The number of fused-ring (bicyclic) bond motifs is 4. The van der Waals surface area contributed by atoms with Gasteiger partial charge in [0.15, 0.2) is 0 Å². The van der Waals surface area contributed by atoms with Gasteiger partial charge >= 0.3 is 12.1 Å². The molecule has 8 nitrogen and oxygen atoms in total. The number of hydrogen-bond acceptors (Lipinski definition) is 5. The number of halogens is 6. The molecule has 0 fully saturated rings. The summed E-state index contributed by atoms with van der Waals surface area (Å²) < 4.78 is 88.0. The number of alkyl halides is 3. The quantitative estimate of drug-likeness (QED) is 0.261. The summed E-state index contributed by atoms with van der Waals surface area (Å²) in [4.78, 5) is 40.9.